The molecule has 10 heteroatoms. The van der Waals surface area contributed by atoms with E-state index in [9.17, 15) is 24.0 Å². The van der Waals surface area contributed by atoms with Gasteiger partial charge >= 0.3 is 29.8 Å². The number of carbonyl (C=O) groups excluding carboxylic acids is 3. The lowest BCUT2D eigenvalue weighted by atomic mass is 10.2. The third-order valence-corrected chi connectivity index (χ3v) is 2.78. The highest BCUT2D eigenvalue weighted by molar-refractivity contribution is 5.90. The minimum absolute atomic E-state index is 0.00942. The molecule has 0 amide bonds. The number of benzene rings is 1. The highest BCUT2D eigenvalue weighted by atomic mass is 16.6. The molecular formula is C17H16O10. The quantitative estimate of drug-likeness (QED) is 0.379. The van der Waals surface area contributed by atoms with E-state index in [1.807, 2.05) is 0 Å². The summed E-state index contributed by atoms with van der Waals surface area (Å²) in [5.74, 6) is -5.49. The van der Waals surface area contributed by atoms with E-state index in [0.29, 0.717) is 5.56 Å². The number of carbonyl (C=O) groups is 5. The highest BCUT2D eigenvalue weighted by Gasteiger charge is 2.24. The summed E-state index contributed by atoms with van der Waals surface area (Å²) in [5.41, 5.74) is 0.337. The molecule has 10 nitrogen and oxygen atoms in total. The summed E-state index contributed by atoms with van der Waals surface area (Å²) >= 11 is 0. The van der Waals surface area contributed by atoms with Crippen LogP contribution in [0.5, 0.6) is 11.5 Å². The number of carboxylic acid groups (broad SMARTS) is 2. The van der Waals surface area contributed by atoms with Crippen molar-refractivity contribution in [2.75, 3.05) is 0 Å². The van der Waals surface area contributed by atoms with Gasteiger partial charge in [0.05, 0.1) is 6.42 Å². The van der Waals surface area contributed by atoms with Crippen LogP contribution in [0.3, 0.4) is 0 Å². The number of ether oxygens (including phenoxy) is 3. The normalized spacial score (nSPS) is 11.5. The van der Waals surface area contributed by atoms with E-state index in [1.54, 1.807) is 0 Å². The lowest BCUT2D eigenvalue weighted by Crippen LogP contribution is -2.28. The maximum absolute atomic E-state index is 11.7. The molecule has 1 rings (SSSR count). The summed E-state index contributed by atoms with van der Waals surface area (Å²) in [6, 6.07) is 4.06. The number of esters is 3. The Morgan fingerprint density at radius 2 is 1.59 bits per heavy atom. The third-order valence-electron chi connectivity index (χ3n) is 2.78. The summed E-state index contributed by atoms with van der Waals surface area (Å²) < 4.78 is 14.4. The number of hydrogen-bond acceptors (Lipinski definition) is 8. The van der Waals surface area contributed by atoms with Crippen LogP contribution in [-0.4, -0.2) is 46.2 Å². The van der Waals surface area contributed by atoms with E-state index in [2.05, 4.69) is 4.74 Å². The molecule has 0 spiro atoms. The second-order valence-corrected chi connectivity index (χ2v) is 5.09. The molecule has 0 saturated carbocycles. The predicted octanol–water partition coefficient (Wildman–Crippen LogP) is 1.02. The Bertz CT molecular complexity index is 793. The molecule has 0 aromatic heterocycles. The molecule has 0 bridgehead atoms. The molecule has 1 aromatic rings. The summed E-state index contributed by atoms with van der Waals surface area (Å²) in [6.45, 7) is 2.31. The van der Waals surface area contributed by atoms with Crippen molar-refractivity contribution < 1.29 is 48.4 Å². The van der Waals surface area contributed by atoms with Crippen molar-refractivity contribution in [2.45, 2.75) is 26.4 Å². The fourth-order valence-corrected chi connectivity index (χ4v) is 1.78. The fourth-order valence-electron chi connectivity index (χ4n) is 1.78. The Labute approximate surface area is 152 Å². The van der Waals surface area contributed by atoms with Crippen LogP contribution in [-0.2, 0) is 28.7 Å². The van der Waals surface area contributed by atoms with Crippen molar-refractivity contribution in [3.05, 3.63) is 29.8 Å². The number of carboxylic acids is 2. The van der Waals surface area contributed by atoms with Crippen molar-refractivity contribution in [3.63, 3.8) is 0 Å². The van der Waals surface area contributed by atoms with Crippen molar-refractivity contribution in [3.8, 4) is 11.5 Å². The van der Waals surface area contributed by atoms with Gasteiger partial charge in [0.15, 0.2) is 11.5 Å². The lowest BCUT2D eigenvalue weighted by Gasteiger charge is -2.10. The van der Waals surface area contributed by atoms with Crippen LogP contribution in [0.1, 0.15) is 25.8 Å². The first-order chi connectivity index (χ1) is 12.6. The molecule has 0 saturated heterocycles. The number of aliphatic carboxylic acids is 2. The summed E-state index contributed by atoms with van der Waals surface area (Å²) in [5, 5.41) is 17.4. The first-order valence-corrected chi connectivity index (χ1v) is 7.42. The molecule has 0 aliphatic rings. The minimum atomic E-state index is -1.83. The molecule has 0 radical (unpaired) electrons. The Hall–Kier alpha value is -3.69. The van der Waals surface area contributed by atoms with E-state index in [-0.39, 0.29) is 11.5 Å². The van der Waals surface area contributed by atoms with Crippen LogP contribution in [0.2, 0.25) is 0 Å². The minimum Gasteiger partial charge on any atom is -0.481 e. The average Bonchev–Trinajstić information content (AvgIpc) is 2.53. The second kappa shape index (κ2) is 9.70. The van der Waals surface area contributed by atoms with Gasteiger partial charge in [-0.25, -0.2) is 9.59 Å². The van der Waals surface area contributed by atoms with Crippen LogP contribution in [0.15, 0.2) is 24.3 Å². The summed E-state index contributed by atoms with van der Waals surface area (Å²) in [7, 11) is 0. The Morgan fingerprint density at radius 1 is 1.00 bits per heavy atom. The summed E-state index contributed by atoms with van der Waals surface area (Å²) in [6.07, 6.45) is -0.631. The molecule has 2 N–H and O–H groups in total. The van der Waals surface area contributed by atoms with Gasteiger partial charge in [-0.05, 0) is 23.8 Å². The van der Waals surface area contributed by atoms with Crippen molar-refractivity contribution in [1.29, 1.82) is 0 Å². The zero-order valence-electron chi connectivity index (χ0n) is 14.3. The van der Waals surface area contributed by atoms with Gasteiger partial charge in [-0.2, -0.15) is 0 Å². The molecule has 1 aromatic carbocycles. The van der Waals surface area contributed by atoms with Crippen LogP contribution in [0.25, 0.3) is 6.08 Å². The molecule has 0 aliphatic carbocycles. The lowest BCUT2D eigenvalue weighted by molar-refractivity contribution is -0.164. The molecule has 1 atom stereocenters. The molecule has 0 unspecified atom stereocenters. The molecule has 27 heavy (non-hydrogen) atoms. The van der Waals surface area contributed by atoms with Crippen LogP contribution < -0.4 is 9.47 Å². The zero-order chi connectivity index (χ0) is 20.6. The Morgan fingerprint density at radius 3 is 2.11 bits per heavy atom. The van der Waals surface area contributed by atoms with Crippen LogP contribution in [0.4, 0.5) is 0 Å². The molecule has 0 fully saturated rings. The van der Waals surface area contributed by atoms with E-state index < -0.39 is 42.4 Å². The van der Waals surface area contributed by atoms with Crippen LogP contribution >= 0.6 is 0 Å². The predicted molar refractivity (Wildman–Crippen MR) is 87.9 cm³/mol. The first-order valence-electron chi connectivity index (χ1n) is 7.42. The molecule has 144 valence electrons. The van der Waals surface area contributed by atoms with E-state index in [4.69, 9.17) is 19.7 Å². The van der Waals surface area contributed by atoms with Gasteiger partial charge in [0.25, 0.3) is 0 Å². The van der Waals surface area contributed by atoms with Gasteiger partial charge in [-0.3, -0.25) is 14.4 Å². The SMILES string of the molecule is CC(=O)Oc1ccc(/C=C/C(=O)O[C@@H](CC(=O)O)C(=O)O)cc1OC(C)=O. The smallest absolute Gasteiger partial charge is 0.345 e. The maximum Gasteiger partial charge on any atom is 0.345 e. The number of hydrogen-bond donors (Lipinski definition) is 2. The van der Waals surface area contributed by atoms with Crippen LogP contribution in [0, 0.1) is 0 Å². The monoisotopic (exact) mass is 380 g/mol. The van der Waals surface area contributed by atoms with Crippen molar-refractivity contribution >= 4 is 35.9 Å². The fraction of sp³-hybridized carbons (Fsp3) is 0.235. The van der Waals surface area contributed by atoms with Gasteiger partial charge in [0, 0.05) is 19.9 Å². The van der Waals surface area contributed by atoms with E-state index in [1.165, 1.54) is 24.3 Å². The van der Waals surface area contributed by atoms with E-state index >= 15 is 0 Å². The standard InChI is InChI=1S/C17H16O10/c1-9(18)25-12-5-3-11(7-13(12)26-10(2)19)4-6-16(22)27-14(17(23)24)8-15(20)21/h3-7,14H,8H2,1-2H3,(H,20,21)(H,23,24)/b6-4+/t14-/m0/s1. The second-order valence-electron chi connectivity index (χ2n) is 5.09. The largest absolute Gasteiger partial charge is 0.481 e. The topological polar surface area (TPSA) is 154 Å². The van der Waals surface area contributed by atoms with Crippen molar-refractivity contribution in [1.82, 2.24) is 0 Å². The average molecular weight is 380 g/mol. The van der Waals surface area contributed by atoms with E-state index in [0.717, 1.165) is 19.9 Å². The molecule has 0 aliphatic heterocycles. The zero-order valence-corrected chi connectivity index (χ0v) is 14.3. The van der Waals surface area contributed by atoms with Gasteiger partial charge in [-0.1, -0.05) is 6.07 Å². The third kappa shape index (κ3) is 7.82. The maximum atomic E-state index is 11.7. The first kappa shape index (κ1) is 21.4. The molecular weight excluding hydrogens is 364 g/mol. The van der Waals surface area contributed by atoms with Crippen molar-refractivity contribution in [2.24, 2.45) is 0 Å². The van der Waals surface area contributed by atoms with Gasteiger partial charge < -0.3 is 24.4 Å². The molecule has 0 heterocycles. The van der Waals surface area contributed by atoms with Gasteiger partial charge in [0.2, 0.25) is 6.10 Å². The Kier molecular flexibility index (Phi) is 7.68. The highest BCUT2D eigenvalue weighted by Crippen LogP contribution is 2.29. The van der Waals surface area contributed by atoms with Gasteiger partial charge in [-0.15, -0.1) is 0 Å². The van der Waals surface area contributed by atoms with Gasteiger partial charge in [0.1, 0.15) is 0 Å². The number of rotatable bonds is 8. The Balaban J connectivity index is 2.94. The summed E-state index contributed by atoms with van der Waals surface area (Å²) in [4.78, 5) is 55.3.